The molecule has 1 aromatic carbocycles. The molecule has 0 aliphatic rings. The quantitative estimate of drug-likeness (QED) is 0.583. The summed E-state index contributed by atoms with van der Waals surface area (Å²) in [4.78, 5) is 0. The fourth-order valence-corrected chi connectivity index (χ4v) is 2.09. The van der Waals surface area contributed by atoms with Crippen LogP contribution in [0.4, 0.5) is 0 Å². The molecule has 1 atom stereocenters. The summed E-state index contributed by atoms with van der Waals surface area (Å²) < 4.78 is 34.7. The fraction of sp³-hybridized carbons (Fsp3) is 0.500. The number of rotatable bonds is 7. The number of benzene rings is 1. The average molecular weight is 273 g/mol. The minimum atomic E-state index is -3.85. The third-order valence-corrected chi connectivity index (χ3v) is 3.45. The summed E-state index contributed by atoms with van der Waals surface area (Å²) in [5, 5.41) is 3.19. The highest BCUT2D eigenvalue weighted by molar-refractivity contribution is 7.85. The zero-order valence-electron chi connectivity index (χ0n) is 10.6. The molecule has 0 bridgehead atoms. The number of nitrogens with one attached hydrogen (secondary N) is 1. The summed E-state index contributed by atoms with van der Waals surface area (Å²) in [6.45, 7) is 2.53. The summed E-state index contributed by atoms with van der Waals surface area (Å²) in [6.07, 6.45) is 0.388. The van der Waals surface area contributed by atoms with E-state index in [1.54, 1.807) is 7.11 Å². The molecule has 2 N–H and O–H groups in total. The minimum absolute atomic E-state index is 0.123. The van der Waals surface area contributed by atoms with Crippen molar-refractivity contribution < 1.29 is 17.7 Å². The molecule has 0 spiro atoms. The van der Waals surface area contributed by atoms with Gasteiger partial charge < -0.3 is 10.1 Å². The van der Waals surface area contributed by atoms with E-state index in [4.69, 9.17) is 9.29 Å². The maximum atomic E-state index is 10.5. The van der Waals surface area contributed by atoms with Gasteiger partial charge in [-0.25, -0.2) is 0 Å². The monoisotopic (exact) mass is 273 g/mol. The topological polar surface area (TPSA) is 75.6 Å². The van der Waals surface area contributed by atoms with Crippen LogP contribution in [0.5, 0.6) is 5.75 Å². The van der Waals surface area contributed by atoms with Gasteiger partial charge in [0.05, 0.1) is 12.9 Å². The van der Waals surface area contributed by atoms with E-state index in [2.05, 4.69) is 5.32 Å². The summed E-state index contributed by atoms with van der Waals surface area (Å²) in [6, 6.07) is 7.80. The highest BCUT2D eigenvalue weighted by Crippen LogP contribution is 2.16. The molecule has 1 aromatic rings. The molecule has 1 rings (SSSR count). The molecular formula is C12H19NO4S. The normalized spacial score (nSPS) is 13.3. The first-order chi connectivity index (χ1) is 8.42. The van der Waals surface area contributed by atoms with E-state index in [1.807, 2.05) is 31.2 Å². The summed E-state index contributed by atoms with van der Waals surface area (Å²) in [5.74, 6) is 0.590. The predicted molar refractivity (Wildman–Crippen MR) is 70.4 cm³/mol. The van der Waals surface area contributed by atoms with E-state index in [0.29, 0.717) is 13.0 Å². The van der Waals surface area contributed by atoms with E-state index in [0.717, 1.165) is 11.3 Å². The third kappa shape index (κ3) is 5.48. The Morgan fingerprint density at radius 1 is 1.33 bits per heavy atom. The molecule has 0 unspecified atom stereocenters. The Labute approximate surface area is 108 Å². The van der Waals surface area contributed by atoms with E-state index < -0.39 is 10.1 Å². The van der Waals surface area contributed by atoms with E-state index in [9.17, 15) is 8.42 Å². The molecule has 0 aliphatic heterocycles. The van der Waals surface area contributed by atoms with Crippen LogP contribution in [0.25, 0.3) is 0 Å². The Kier molecular flexibility index (Phi) is 5.58. The number of hydrogen-bond donors (Lipinski definition) is 2. The highest BCUT2D eigenvalue weighted by atomic mass is 32.2. The van der Waals surface area contributed by atoms with Crippen LogP contribution in [-0.4, -0.2) is 32.4 Å². The van der Waals surface area contributed by atoms with Gasteiger partial charge in [0.25, 0.3) is 10.1 Å². The molecule has 5 nitrogen and oxygen atoms in total. The van der Waals surface area contributed by atoms with Crippen LogP contribution < -0.4 is 10.1 Å². The van der Waals surface area contributed by atoms with Crippen molar-refractivity contribution in [2.24, 2.45) is 0 Å². The molecule has 0 amide bonds. The van der Waals surface area contributed by atoms with Crippen molar-refractivity contribution in [2.45, 2.75) is 19.4 Å². The minimum Gasteiger partial charge on any atom is -0.497 e. The van der Waals surface area contributed by atoms with Crippen LogP contribution in [0, 0.1) is 0 Å². The number of ether oxygens (including phenoxy) is 1. The second kappa shape index (κ2) is 6.72. The average Bonchev–Trinajstić information content (AvgIpc) is 2.33. The first-order valence-electron chi connectivity index (χ1n) is 5.75. The van der Waals surface area contributed by atoms with Crippen molar-refractivity contribution in [1.82, 2.24) is 5.32 Å². The van der Waals surface area contributed by atoms with Crippen molar-refractivity contribution in [1.29, 1.82) is 0 Å². The second-order valence-electron chi connectivity index (χ2n) is 4.09. The van der Waals surface area contributed by atoms with Crippen molar-refractivity contribution in [2.75, 3.05) is 19.4 Å². The van der Waals surface area contributed by atoms with Crippen molar-refractivity contribution >= 4 is 10.1 Å². The first kappa shape index (κ1) is 14.9. The lowest BCUT2D eigenvalue weighted by Crippen LogP contribution is -2.21. The molecule has 0 aromatic heterocycles. The van der Waals surface area contributed by atoms with Crippen molar-refractivity contribution in [3.8, 4) is 5.75 Å². The van der Waals surface area contributed by atoms with E-state index in [-0.39, 0.29) is 11.8 Å². The Balaban J connectivity index is 2.38. The first-order valence-corrected chi connectivity index (χ1v) is 7.36. The molecule has 0 heterocycles. The van der Waals surface area contributed by atoms with Gasteiger partial charge in [-0.3, -0.25) is 4.55 Å². The Morgan fingerprint density at radius 3 is 2.44 bits per heavy atom. The maximum absolute atomic E-state index is 10.5. The van der Waals surface area contributed by atoms with Crippen LogP contribution in [0.1, 0.15) is 24.9 Å². The van der Waals surface area contributed by atoms with Crippen LogP contribution in [0.15, 0.2) is 24.3 Å². The van der Waals surface area contributed by atoms with Gasteiger partial charge in [-0.15, -0.1) is 0 Å². The van der Waals surface area contributed by atoms with Crippen LogP contribution in [0.3, 0.4) is 0 Å². The standard InChI is InChI=1S/C12H19NO4S/c1-10(13-8-3-9-18(14,15)16)11-4-6-12(17-2)7-5-11/h4-7,10,13H,3,8-9H2,1-2H3,(H,14,15,16)/t10-/m1/s1. The Bertz CT molecular complexity index is 455. The van der Waals surface area contributed by atoms with Gasteiger partial charge in [0.2, 0.25) is 0 Å². The SMILES string of the molecule is COc1ccc([C@@H](C)NCCCS(=O)(=O)O)cc1. The highest BCUT2D eigenvalue weighted by Gasteiger charge is 2.07. The molecule has 6 heteroatoms. The van der Waals surface area contributed by atoms with Gasteiger partial charge in [0.1, 0.15) is 5.75 Å². The third-order valence-electron chi connectivity index (χ3n) is 2.65. The van der Waals surface area contributed by atoms with Gasteiger partial charge in [-0.2, -0.15) is 8.42 Å². The van der Waals surface area contributed by atoms with Gasteiger partial charge >= 0.3 is 0 Å². The van der Waals surface area contributed by atoms with Crippen LogP contribution in [-0.2, 0) is 10.1 Å². The van der Waals surface area contributed by atoms with Crippen molar-refractivity contribution in [3.63, 3.8) is 0 Å². The lowest BCUT2D eigenvalue weighted by atomic mass is 10.1. The zero-order chi connectivity index (χ0) is 13.6. The Morgan fingerprint density at radius 2 is 1.94 bits per heavy atom. The molecule has 0 aliphatic carbocycles. The molecule has 18 heavy (non-hydrogen) atoms. The van der Waals surface area contributed by atoms with Crippen LogP contribution >= 0.6 is 0 Å². The largest absolute Gasteiger partial charge is 0.497 e. The summed E-state index contributed by atoms with van der Waals surface area (Å²) in [7, 11) is -2.24. The maximum Gasteiger partial charge on any atom is 0.264 e. The van der Waals surface area contributed by atoms with Crippen LogP contribution in [0.2, 0.25) is 0 Å². The van der Waals surface area contributed by atoms with Gasteiger partial charge in [0.15, 0.2) is 0 Å². The molecule has 0 fully saturated rings. The molecule has 0 saturated carbocycles. The van der Waals surface area contributed by atoms with Gasteiger partial charge in [-0.1, -0.05) is 12.1 Å². The molecule has 0 saturated heterocycles. The van der Waals surface area contributed by atoms with Gasteiger partial charge in [0, 0.05) is 6.04 Å². The summed E-state index contributed by atoms with van der Waals surface area (Å²) in [5.41, 5.74) is 1.10. The van der Waals surface area contributed by atoms with E-state index in [1.165, 1.54) is 0 Å². The number of methoxy groups -OCH3 is 1. The smallest absolute Gasteiger partial charge is 0.264 e. The fourth-order valence-electron chi connectivity index (χ4n) is 1.58. The summed E-state index contributed by atoms with van der Waals surface area (Å²) >= 11 is 0. The molecular weight excluding hydrogens is 254 g/mol. The lowest BCUT2D eigenvalue weighted by molar-refractivity contribution is 0.414. The molecule has 0 radical (unpaired) electrons. The predicted octanol–water partition coefficient (Wildman–Crippen LogP) is 1.62. The van der Waals surface area contributed by atoms with E-state index >= 15 is 0 Å². The Hall–Kier alpha value is -1.11. The van der Waals surface area contributed by atoms with Crippen molar-refractivity contribution in [3.05, 3.63) is 29.8 Å². The zero-order valence-corrected chi connectivity index (χ0v) is 11.4. The second-order valence-corrected chi connectivity index (χ2v) is 5.66. The lowest BCUT2D eigenvalue weighted by Gasteiger charge is -2.14. The molecule has 102 valence electrons. The number of hydrogen-bond acceptors (Lipinski definition) is 4. The van der Waals surface area contributed by atoms with Gasteiger partial charge in [-0.05, 0) is 37.6 Å².